The number of hydrogen-bond donors (Lipinski definition) is 1. The van der Waals surface area contributed by atoms with Gasteiger partial charge in [0.1, 0.15) is 0 Å². The van der Waals surface area contributed by atoms with Gasteiger partial charge in [0.2, 0.25) is 0 Å². The first-order chi connectivity index (χ1) is 13.2. The highest BCUT2D eigenvalue weighted by Crippen LogP contribution is 2.28. The van der Waals surface area contributed by atoms with Crippen LogP contribution in [0, 0.1) is 6.92 Å². The van der Waals surface area contributed by atoms with Crippen LogP contribution in [0.3, 0.4) is 0 Å². The van der Waals surface area contributed by atoms with Crippen LogP contribution in [0.5, 0.6) is 0 Å². The molecule has 6 heteroatoms. The van der Waals surface area contributed by atoms with Crippen LogP contribution in [0.2, 0.25) is 0 Å². The van der Waals surface area contributed by atoms with Crippen molar-refractivity contribution in [1.29, 1.82) is 0 Å². The Kier molecular flexibility index (Phi) is 5.36. The maximum atomic E-state index is 12.6. The van der Waals surface area contributed by atoms with Gasteiger partial charge >= 0.3 is 0 Å². The van der Waals surface area contributed by atoms with E-state index in [4.69, 9.17) is 4.52 Å². The third-order valence-corrected chi connectivity index (χ3v) is 5.96. The number of rotatable bonds is 6. The molecule has 0 spiro atoms. The predicted octanol–water partition coefficient (Wildman–Crippen LogP) is 4.28. The van der Waals surface area contributed by atoms with Crippen molar-refractivity contribution in [3.8, 4) is 11.3 Å². The van der Waals surface area contributed by atoms with E-state index in [2.05, 4.69) is 32.9 Å². The fourth-order valence-corrected chi connectivity index (χ4v) is 4.32. The Balaban J connectivity index is 1.43. The van der Waals surface area contributed by atoms with E-state index >= 15 is 0 Å². The summed E-state index contributed by atoms with van der Waals surface area (Å²) in [6, 6.07) is 14.1. The van der Waals surface area contributed by atoms with Crippen molar-refractivity contribution >= 4 is 17.2 Å². The molecule has 0 radical (unpaired) electrons. The van der Waals surface area contributed by atoms with Gasteiger partial charge in [0, 0.05) is 23.1 Å². The molecule has 0 bridgehead atoms. The Morgan fingerprint density at radius 3 is 2.74 bits per heavy atom. The van der Waals surface area contributed by atoms with E-state index in [-0.39, 0.29) is 11.9 Å². The fourth-order valence-electron chi connectivity index (χ4n) is 3.46. The summed E-state index contributed by atoms with van der Waals surface area (Å²) in [6.45, 7) is 4.78. The number of aryl methyl sites for hydroxylation is 1. The normalized spacial score (nSPS) is 15.7. The summed E-state index contributed by atoms with van der Waals surface area (Å²) in [5.74, 6) is 0.410. The number of thiophene rings is 1. The lowest BCUT2D eigenvalue weighted by molar-refractivity contribution is 0.0929. The topological polar surface area (TPSA) is 58.4 Å². The van der Waals surface area contributed by atoms with Crippen molar-refractivity contribution in [1.82, 2.24) is 15.4 Å². The summed E-state index contributed by atoms with van der Waals surface area (Å²) in [4.78, 5) is 16.3. The van der Waals surface area contributed by atoms with Crippen molar-refractivity contribution in [2.45, 2.75) is 25.8 Å². The Morgan fingerprint density at radius 1 is 1.26 bits per heavy atom. The lowest BCUT2D eigenvalue weighted by atomic mass is 10.1. The zero-order valence-corrected chi connectivity index (χ0v) is 16.2. The van der Waals surface area contributed by atoms with E-state index in [1.54, 1.807) is 17.4 Å². The number of amides is 1. The average molecular weight is 382 g/mol. The third-order valence-electron chi connectivity index (χ3n) is 4.99. The number of nitrogens with zero attached hydrogens (tertiary/aromatic N) is 2. The first-order valence-electron chi connectivity index (χ1n) is 9.30. The Bertz CT molecular complexity index is 881. The van der Waals surface area contributed by atoms with Crippen molar-refractivity contribution in [3.63, 3.8) is 0 Å². The monoisotopic (exact) mass is 381 g/mol. The lowest BCUT2D eigenvalue weighted by Gasteiger charge is -2.26. The number of nitrogens with one attached hydrogen (secondary N) is 1. The van der Waals surface area contributed by atoms with Gasteiger partial charge in [-0.1, -0.05) is 41.1 Å². The van der Waals surface area contributed by atoms with Crippen LogP contribution in [-0.4, -0.2) is 35.6 Å². The minimum absolute atomic E-state index is 0.196. The van der Waals surface area contributed by atoms with Crippen LogP contribution in [0.4, 0.5) is 0 Å². The summed E-state index contributed by atoms with van der Waals surface area (Å²) < 4.78 is 5.37. The van der Waals surface area contributed by atoms with Crippen LogP contribution in [0.15, 0.2) is 52.4 Å². The number of benzene rings is 1. The first-order valence-corrected chi connectivity index (χ1v) is 10.2. The van der Waals surface area contributed by atoms with Crippen molar-refractivity contribution in [2.24, 2.45) is 0 Å². The molecule has 0 saturated carbocycles. The second-order valence-electron chi connectivity index (χ2n) is 6.93. The zero-order chi connectivity index (χ0) is 18.6. The van der Waals surface area contributed by atoms with Crippen molar-refractivity contribution in [2.75, 3.05) is 19.6 Å². The van der Waals surface area contributed by atoms with Crippen LogP contribution in [0.25, 0.3) is 11.3 Å². The molecule has 1 unspecified atom stereocenters. The van der Waals surface area contributed by atoms with E-state index in [0.717, 1.165) is 18.7 Å². The standard InChI is InChI=1S/C21H23N3O2S/c1-15-6-8-16(9-7-15)19-13-17(23-26-19)21(25)22-14-18(20-5-4-12-27-20)24-10-2-3-11-24/h4-9,12-13,18H,2-3,10-11,14H2,1H3,(H,22,25). The van der Waals surface area contributed by atoms with Gasteiger partial charge in [-0.25, -0.2) is 0 Å². The van der Waals surface area contributed by atoms with Crippen LogP contribution < -0.4 is 5.32 Å². The highest BCUT2D eigenvalue weighted by atomic mass is 32.1. The summed E-state index contributed by atoms with van der Waals surface area (Å²) in [6.07, 6.45) is 2.44. The molecule has 1 amide bonds. The zero-order valence-electron chi connectivity index (χ0n) is 15.4. The van der Waals surface area contributed by atoms with Crippen LogP contribution in [0.1, 0.15) is 39.8 Å². The number of carbonyl (C=O) groups is 1. The quantitative estimate of drug-likeness (QED) is 0.692. The van der Waals surface area contributed by atoms with Gasteiger partial charge in [-0.05, 0) is 44.3 Å². The third kappa shape index (κ3) is 4.12. The van der Waals surface area contributed by atoms with E-state index < -0.39 is 0 Å². The van der Waals surface area contributed by atoms with E-state index in [1.165, 1.54) is 23.3 Å². The molecule has 1 atom stereocenters. The van der Waals surface area contributed by atoms with E-state index in [9.17, 15) is 4.79 Å². The molecule has 3 aromatic rings. The summed E-state index contributed by atoms with van der Waals surface area (Å²) in [5, 5.41) is 9.09. The number of hydrogen-bond acceptors (Lipinski definition) is 5. The molecular formula is C21H23N3O2S. The Hall–Kier alpha value is -2.44. The van der Waals surface area contributed by atoms with Crippen LogP contribution in [-0.2, 0) is 0 Å². The smallest absolute Gasteiger partial charge is 0.273 e. The molecule has 1 aliphatic heterocycles. The fraction of sp³-hybridized carbons (Fsp3) is 0.333. The Morgan fingerprint density at radius 2 is 2.04 bits per heavy atom. The largest absolute Gasteiger partial charge is 0.355 e. The second-order valence-corrected chi connectivity index (χ2v) is 7.91. The highest BCUT2D eigenvalue weighted by Gasteiger charge is 2.25. The minimum atomic E-state index is -0.196. The van der Waals surface area contributed by atoms with E-state index in [1.807, 2.05) is 31.2 Å². The summed E-state index contributed by atoms with van der Waals surface area (Å²) in [5.41, 5.74) is 2.41. The molecule has 1 aromatic carbocycles. The molecule has 3 heterocycles. The Labute approximate surface area is 163 Å². The molecule has 1 N–H and O–H groups in total. The average Bonchev–Trinajstić information content (AvgIpc) is 3.44. The van der Waals surface area contributed by atoms with Gasteiger partial charge < -0.3 is 9.84 Å². The van der Waals surface area contributed by atoms with Gasteiger partial charge in [0.25, 0.3) is 5.91 Å². The number of aromatic nitrogens is 1. The molecule has 27 heavy (non-hydrogen) atoms. The highest BCUT2D eigenvalue weighted by molar-refractivity contribution is 7.10. The number of carbonyl (C=O) groups excluding carboxylic acids is 1. The van der Waals surface area contributed by atoms with Gasteiger partial charge in [0.15, 0.2) is 11.5 Å². The molecule has 0 aliphatic carbocycles. The molecule has 1 aliphatic rings. The molecule has 1 saturated heterocycles. The SMILES string of the molecule is Cc1ccc(-c2cc(C(=O)NCC(c3cccs3)N3CCCC3)no2)cc1. The predicted molar refractivity (Wildman–Crippen MR) is 107 cm³/mol. The van der Waals surface area contributed by atoms with Gasteiger partial charge in [-0.2, -0.15) is 0 Å². The molecular weight excluding hydrogens is 358 g/mol. The summed E-state index contributed by atoms with van der Waals surface area (Å²) >= 11 is 1.74. The van der Waals surface area contributed by atoms with Gasteiger partial charge in [0.05, 0.1) is 6.04 Å². The molecule has 2 aromatic heterocycles. The maximum Gasteiger partial charge on any atom is 0.273 e. The molecule has 5 nitrogen and oxygen atoms in total. The van der Waals surface area contributed by atoms with Crippen molar-refractivity contribution < 1.29 is 9.32 Å². The minimum Gasteiger partial charge on any atom is -0.355 e. The number of likely N-dealkylation sites (tertiary alicyclic amines) is 1. The van der Waals surface area contributed by atoms with Crippen molar-refractivity contribution in [3.05, 3.63) is 64.0 Å². The van der Waals surface area contributed by atoms with E-state index in [0.29, 0.717) is 18.0 Å². The van der Waals surface area contributed by atoms with Gasteiger partial charge in [-0.3, -0.25) is 9.69 Å². The van der Waals surface area contributed by atoms with Crippen LogP contribution >= 0.6 is 11.3 Å². The lowest BCUT2D eigenvalue weighted by Crippen LogP contribution is -2.36. The molecule has 140 valence electrons. The van der Waals surface area contributed by atoms with Gasteiger partial charge in [-0.15, -0.1) is 11.3 Å². The first kappa shape index (κ1) is 17.9. The second kappa shape index (κ2) is 8.06. The molecule has 1 fully saturated rings. The summed E-state index contributed by atoms with van der Waals surface area (Å²) in [7, 11) is 0. The maximum absolute atomic E-state index is 12.6. The molecule has 4 rings (SSSR count).